The van der Waals surface area contributed by atoms with Crippen molar-refractivity contribution < 1.29 is 14.7 Å². The van der Waals surface area contributed by atoms with Crippen molar-refractivity contribution >= 4 is 23.3 Å². The third-order valence-electron chi connectivity index (χ3n) is 2.54. The van der Waals surface area contributed by atoms with Crippen LogP contribution in [0.2, 0.25) is 0 Å². The molecule has 0 radical (unpaired) electrons. The number of carboxylic acid groups (broad SMARTS) is 1. The van der Waals surface area contributed by atoms with Gasteiger partial charge in [0, 0.05) is 0 Å². The second-order valence-corrected chi connectivity index (χ2v) is 3.78. The SMILES string of the molecule is Cc1cccc2c1NC(CC(=O)O)C(=O)N2. The van der Waals surface area contributed by atoms with Gasteiger partial charge in [0.05, 0.1) is 17.8 Å². The molecule has 0 fully saturated rings. The lowest BCUT2D eigenvalue weighted by molar-refractivity contribution is -0.138. The average Bonchev–Trinajstić information content (AvgIpc) is 2.20. The van der Waals surface area contributed by atoms with Gasteiger partial charge in [0.1, 0.15) is 6.04 Å². The van der Waals surface area contributed by atoms with Crippen LogP contribution in [0.1, 0.15) is 12.0 Å². The van der Waals surface area contributed by atoms with Crippen LogP contribution in [0.4, 0.5) is 11.4 Å². The molecule has 0 aromatic heterocycles. The molecular formula is C11H12N2O3. The summed E-state index contributed by atoms with van der Waals surface area (Å²) < 4.78 is 0. The molecule has 1 amide bonds. The number of nitrogens with one attached hydrogen (secondary N) is 2. The smallest absolute Gasteiger partial charge is 0.305 e. The summed E-state index contributed by atoms with van der Waals surface area (Å²) in [5, 5.41) is 14.3. The van der Waals surface area contributed by atoms with Crippen LogP contribution in [0, 0.1) is 6.92 Å². The number of aliphatic carboxylic acids is 1. The quantitative estimate of drug-likeness (QED) is 0.699. The number of para-hydroxylation sites is 1. The molecule has 0 aliphatic carbocycles. The monoisotopic (exact) mass is 220 g/mol. The largest absolute Gasteiger partial charge is 0.481 e. The van der Waals surface area contributed by atoms with Gasteiger partial charge in [-0.15, -0.1) is 0 Å². The predicted molar refractivity (Wildman–Crippen MR) is 59.5 cm³/mol. The fourth-order valence-corrected chi connectivity index (χ4v) is 1.74. The van der Waals surface area contributed by atoms with Gasteiger partial charge in [0.15, 0.2) is 0 Å². The van der Waals surface area contributed by atoms with Gasteiger partial charge in [-0.3, -0.25) is 9.59 Å². The number of carbonyl (C=O) groups is 2. The highest BCUT2D eigenvalue weighted by atomic mass is 16.4. The first-order valence-electron chi connectivity index (χ1n) is 4.97. The van der Waals surface area contributed by atoms with Crippen molar-refractivity contribution in [2.75, 3.05) is 10.6 Å². The Morgan fingerprint density at radius 2 is 2.25 bits per heavy atom. The summed E-state index contributed by atoms with van der Waals surface area (Å²) >= 11 is 0. The van der Waals surface area contributed by atoms with Crippen LogP contribution in [0.5, 0.6) is 0 Å². The first-order chi connectivity index (χ1) is 7.58. The number of anilines is 2. The number of amides is 1. The summed E-state index contributed by atoms with van der Waals surface area (Å²) in [4.78, 5) is 22.2. The van der Waals surface area contributed by atoms with Gasteiger partial charge in [-0.05, 0) is 18.6 Å². The summed E-state index contributed by atoms with van der Waals surface area (Å²) in [6.07, 6.45) is -0.223. The van der Waals surface area contributed by atoms with E-state index >= 15 is 0 Å². The lowest BCUT2D eigenvalue weighted by Gasteiger charge is -2.27. The van der Waals surface area contributed by atoms with Crippen LogP contribution in [-0.4, -0.2) is 23.0 Å². The Kier molecular flexibility index (Phi) is 2.52. The average molecular weight is 220 g/mol. The van der Waals surface area contributed by atoms with Crippen LogP contribution < -0.4 is 10.6 Å². The summed E-state index contributed by atoms with van der Waals surface area (Å²) in [5.41, 5.74) is 2.48. The first kappa shape index (κ1) is 10.5. The van der Waals surface area contributed by atoms with Crippen molar-refractivity contribution in [1.29, 1.82) is 0 Å². The van der Waals surface area contributed by atoms with Crippen molar-refractivity contribution in [3.63, 3.8) is 0 Å². The van der Waals surface area contributed by atoms with Crippen molar-refractivity contribution in [2.24, 2.45) is 0 Å². The minimum Gasteiger partial charge on any atom is -0.481 e. The van der Waals surface area contributed by atoms with Crippen LogP contribution in [0.3, 0.4) is 0 Å². The van der Waals surface area contributed by atoms with Gasteiger partial charge in [-0.1, -0.05) is 12.1 Å². The van der Waals surface area contributed by atoms with E-state index in [1.54, 1.807) is 6.07 Å². The lowest BCUT2D eigenvalue weighted by atomic mass is 10.1. The number of fused-ring (bicyclic) bond motifs is 1. The number of hydrogen-bond acceptors (Lipinski definition) is 3. The number of carbonyl (C=O) groups excluding carboxylic acids is 1. The fourth-order valence-electron chi connectivity index (χ4n) is 1.74. The topological polar surface area (TPSA) is 78.4 Å². The molecule has 16 heavy (non-hydrogen) atoms. The van der Waals surface area contributed by atoms with Gasteiger partial charge >= 0.3 is 5.97 Å². The van der Waals surface area contributed by atoms with E-state index in [1.807, 2.05) is 19.1 Å². The van der Waals surface area contributed by atoms with Gasteiger partial charge in [0.25, 0.3) is 0 Å². The molecule has 0 spiro atoms. The zero-order chi connectivity index (χ0) is 11.7. The Balaban J connectivity index is 2.30. The molecule has 1 aromatic carbocycles. The Labute approximate surface area is 92.5 Å². The Morgan fingerprint density at radius 1 is 1.50 bits per heavy atom. The molecule has 0 saturated heterocycles. The zero-order valence-corrected chi connectivity index (χ0v) is 8.78. The standard InChI is InChI=1S/C11H12N2O3/c1-6-3-2-4-7-10(6)12-8(5-9(14)15)11(16)13-7/h2-4,8,12H,5H2,1H3,(H,13,16)(H,14,15). The highest BCUT2D eigenvalue weighted by Gasteiger charge is 2.27. The van der Waals surface area contributed by atoms with E-state index in [4.69, 9.17) is 5.11 Å². The minimum absolute atomic E-state index is 0.223. The maximum atomic E-state index is 11.6. The van der Waals surface area contributed by atoms with E-state index < -0.39 is 12.0 Å². The van der Waals surface area contributed by atoms with E-state index in [1.165, 1.54) is 0 Å². The van der Waals surface area contributed by atoms with Gasteiger partial charge in [-0.25, -0.2) is 0 Å². The zero-order valence-electron chi connectivity index (χ0n) is 8.78. The van der Waals surface area contributed by atoms with Crippen LogP contribution in [0.25, 0.3) is 0 Å². The molecule has 1 heterocycles. The maximum absolute atomic E-state index is 11.6. The molecule has 1 aromatic rings. The predicted octanol–water partition coefficient (Wildman–Crippen LogP) is 1.20. The third kappa shape index (κ3) is 1.84. The highest BCUT2D eigenvalue weighted by molar-refractivity contribution is 6.04. The number of carboxylic acids is 1. The van der Waals surface area contributed by atoms with Crippen LogP contribution >= 0.6 is 0 Å². The molecule has 1 atom stereocenters. The molecule has 1 aliphatic rings. The maximum Gasteiger partial charge on any atom is 0.305 e. The van der Waals surface area contributed by atoms with Crippen molar-refractivity contribution in [3.05, 3.63) is 23.8 Å². The van der Waals surface area contributed by atoms with Crippen molar-refractivity contribution in [2.45, 2.75) is 19.4 Å². The molecule has 5 nitrogen and oxygen atoms in total. The van der Waals surface area contributed by atoms with Crippen LogP contribution in [0.15, 0.2) is 18.2 Å². The Morgan fingerprint density at radius 3 is 2.94 bits per heavy atom. The lowest BCUT2D eigenvalue weighted by Crippen LogP contribution is -2.40. The highest BCUT2D eigenvalue weighted by Crippen LogP contribution is 2.30. The van der Waals surface area contributed by atoms with Crippen molar-refractivity contribution in [1.82, 2.24) is 0 Å². The van der Waals surface area contributed by atoms with E-state index in [0.29, 0.717) is 5.69 Å². The molecule has 1 aliphatic heterocycles. The normalized spacial score (nSPS) is 18.3. The summed E-state index contributed by atoms with van der Waals surface area (Å²) in [7, 11) is 0. The number of benzene rings is 1. The van der Waals surface area contributed by atoms with E-state index in [9.17, 15) is 9.59 Å². The summed E-state index contributed by atoms with van der Waals surface area (Å²) in [6, 6.07) is 4.82. The molecule has 2 rings (SSSR count). The van der Waals surface area contributed by atoms with Crippen molar-refractivity contribution in [3.8, 4) is 0 Å². The summed E-state index contributed by atoms with van der Waals surface area (Å²) in [6.45, 7) is 1.90. The second kappa shape index (κ2) is 3.84. The van der Waals surface area contributed by atoms with Gasteiger partial charge in [0.2, 0.25) is 5.91 Å². The number of rotatable bonds is 2. The Hall–Kier alpha value is -2.04. The number of aryl methyl sites for hydroxylation is 1. The molecular weight excluding hydrogens is 208 g/mol. The molecule has 0 bridgehead atoms. The second-order valence-electron chi connectivity index (χ2n) is 3.78. The first-order valence-corrected chi connectivity index (χ1v) is 4.97. The Bertz CT molecular complexity index is 457. The minimum atomic E-state index is -0.996. The summed E-state index contributed by atoms with van der Waals surface area (Å²) in [5.74, 6) is -1.30. The molecule has 3 N–H and O–H groups in total. The molecule has 84 valence electrons. The third-order valence-corrected chi connectivity index (χ3v) is 2.54. The van der Waals surface area contributed by atoms with E-state index in [0.717, 1.165) is 11.3 Å². The van der Waals surface area contributed by atoms with Crippen LogP contribution in [-0.2, 0) is 9.59 Å². The molecule has 0 saturated carbocycles. The number of hydrogen-bond donors (Lipinski definition) is 3. The molecule has 5 heteroatoms. The van der Waals surface area contributed by atoms with Gasteiger partial charge < -0.3 is 15.7 Å². The molecule has 1 unspecified atom stereocenters. The van der Waals surface area contributed by atoms with E-state index in [2.05, 4.69) is 10.6 Å². The van der Waals surface area contributed by atoms with Gasteiger partial charge in [-0.2, -0.15) is 0 Å². The fraction of sp³-hybridized carbons (Fsp3) is 0.273. The van der Waals surface area contributed by atoms with E-state index in [-0.39, 0.29) is 12.3 Å².